The number of aliphatic hydroxyl groups excluding tert-OH is 1. The van der Waals surface area contributed by atoms with Crippen LogP contribution in [0.3, 0.4) is 0 Å². The zero-order valence-electron chi connectivity index (χ0n) is 19.7. The molecular formula is C27H41F2NO2. The SMILES string of the molecule is C=C1/C(=C\C=C2/CCCC3(C)C2CC[C@@H]3CCN2CCCC(O)(C(F)F)C2)CCCC1O. The number of allylic oxidation sites excluding steroid dienone is 3. The van der Waals surface area contributed by atoms with E-state index >= 15 is 0 Å². The summed E-state index contributed by atoms with van der Waals surface area (Å²) < 4.78 is 26.6. The van der Waals surface area contributed by atoms with Crippen molar-refractivity contribution in [2.24, 2.45) is 17.3 Å². The molecule has 3 nitrogen and oxygen atoms in total. The van der Waals surface area contributed by atoms with Crippen molar-refractivity contribution in [3.8, 4) is 0 Å². The van der Waals surface area contributed by atoms with Crippen LogP contribution in [0.1, 0.15) is 77.6 Å². The predicted octanol–water partition coefficient (Wildman–Crippen LogP) is 5.64. The van der Waals surface area contributed by atoms with Crippen LogP contribution in [0.4, 0.5) is 8.78 Å². The monoisotopic (exact) mass is 449 g/mol. The largest absolute Gasteiger partial charge is 0.388 e. The summed E-state index contributed by atoms with van der Waals surface area (Å²) in [7, 11) is 0. The fourth-order valence-corrected chi connectivity index (χ4v) is 7.11. The minimum atomic E-state index is -2.67. The van der Waals surface area contributed by atoms with Gasteiger partial charge in [-0.2, -0.15) is 0 Å². The van der Waals surface area contributed by atoms with E-state index in [1.165, 1.54) is 31.3 Å². The Morgan fingerprint density at radius 3 is 2.72 bits per heavy atom. The van der Waals surface area contributed by atoms with E-state index in [0.717, 1.165) is 50.8 Å². The van der Waals surface area contributed by atoms with Gasteiger partial charge < -0.3 is 15.1 Å². The van der Waals surface area contributed by atoms with E-state index in [2.05, 4.69) is 30.6 Å². The summed E-state index contributed by atoms with van der Waals surface area (Å²) in [6.07, 6.45) is 12.2. The lowest BCUT2D eigenvalue weighted by molar-refractivity contribution is -0.132. The summed E-state index contributed by atoms with van der Waals surface area (Å²) in [5.41, 5.74) is 2.09. The Kier molecular flexibility index (Phi) is 7.29. The molecule has 5 heteroatoms. The van der Waals surface area contributed by atoms with Crippen LogP contribution in [-0.2, 0) is 0 Å². The van der Waals surface area contributed by atoms with Crippen molar-refractivity contribution in [1.29, 1.82) is 0 Å². The second kappa shape index (κ2) is 9.68. The van der Waals surface area contributed by atoms with Crippen molar-refractivity contribution in [2.75, 3.05) is 19.6 Å². The average molecular weight is 450 g/mol. The van der Waals surface area contributed by atoms with Crippen molar-refractivity contribution >= 4 is 0 Å². The first-order valence-electron chi connectivity index (χ1n) is 12.7. The molecule has 1 heterocycles. The molecule has 0 radical (unpaired) electrons. The van der Waals surface area contributed by atoms with E-state index < -0.39 is 18.1 Å². The lowest BCUT2D eigenvalue weighted by Crippen LogP contribution is -2.53. The van der Waals surface area contributed by atoms with Crippen LogP contribution in [-0.4, -0.2) is 52.9 Å². The van der Waals surface area contributed by atoms with E-state index in [-0.39, 0.29) is 18.4 Å². The second-order valence-corrected chi connectivity index (χ2v) is 11.1. The zero-order valence-corrected chi connectivity index (χ0v) is 19.7. The van der Waals surface area contributed by atoms with Crippen molar-refractivity contribution < 1.29 is 19.0 Å². The van der Waals surface area contributed by atoms with Gasteiger partial charge in [-0.05, 0) is 112 Å². The normalized spacial score (nSPS) is 41.6. The molecule has 3 saturated carbocycles. The van der Waals surface area contributed by atoms with Crippen molar-refractivity contribution in [3.05, 3.63) is 35.5 Å². The third-order valence-electron chi connectivity index (χ3n) is 9.18. The number of hydrogen-bond donors (Lipinski definition) is 2. The quantitative estimate of drug-likeness (QED) is 0.571. The molecule has 0 aromatic carbocycles. The highest BCUT2D eigenvalue weighted by atomic mass is 19.3. The molecule has 180 valence electrons. The summed E-state index contributed by atoms with van der Waals surface area (Å²) in [5.74, 6) is 1.20. The lowest BCUT2D eigenvalue weighted by Gasteiger charge is -2.44. The molecule has 4 rings (SSSR count). The van der Waals surface area contributed by atoms with Crippen LogP contribution < -0.4 is 0 Å². The number of rotatable bonds is 5. The van der Waals surface area contributed by atoms with Gasteiger partial charge in [0, 0.05) is 6.54 Å². The minimum Gasteiger partial charge on any atom is -0.388 e. The Labute approximate surface area is 192 Å². The number of piperidine rings is 1. The van der Waals surface area contributed by atoms with Crippen LogP contribution in [0.15, 0.2) is 35.5 Å². The van der Waals surface area contributed by atoms with E-state index in [0.29, 0.717) is 18.3 Å². The van der Waals surface area contributed by atoms with E-state index in [4.69, 9.17) is 0 Å². The van der Waals surface area contributed by atoms with Gasteiger partial charge in [-0.15, -0.1) is 0 Å². The van der Waals surface area contributed by atoms with Crippen LogP contribution in [0, 0.1) is 17.3 Å². The fourth-order valence-electron chi connectivity index (χ4n) is 7.11. The molecule has 1 saturated heterocycles. The highest BCUT2D eigenvalue weighted by Crippen LogP contribution is 2.58. The van der Waals surface area contributed by atoms with Crippen LogP contribution >= 0.6 is 0 Å². The standard InChI is InChI=1S/C27H41F2NO2/c1-19-20(6-3-8-24(19)31)9-10-21-7-4-14-26(2)22(11-12-23(21)26)13-17-30-16-5-15-27(32,18-30)25(28)29/h9-10,22-25,31-32H,1,3-8,11-18H2,2H3/b20-9-,21-10+/t22-,23?,24?,26?,27?/m1/s1. The first kappa shape index (κ1) is 24.1. The number of alkyl halides is 2. The summed E-state index contributed by atoms with van der Waals surface area (Å²) in [4.78, 5) is 2.07. The van der Waals surface area contributed by atoms with Gasteiger partial charge in [0.1, 0.15) is 5.60 Å². The Balaban J connectivity index is 1.40. The molecule has 4 fully saturated rings. The maximum atomic E-state index is 13.3. The molecule has 4 unspecified atom stereocenters. The summed E-state index contributed by atoms with van der Waals surface area (Å²) >= 11 is 0. The number of aliphatic hydroxyl groups is 2. The average Bonchev–Trinajstić information content (AvgIpc) is 3.10. The number of likely N-dealkylation sites (tertiary alicyclic amines) is 1. The number of hydrogen-bond acceptors (Lipinski definition) is 3. The molecule has 0 amide bonds. The molecule has 3 aliphatic carbocycles. The smallest absolute Gasteiger partial charge is 0.268 e. The Bertz CT molecular complexity index is 763. The van der Waals surface area contributed by atoms with E-state index in [1.54, 1.807) is 5.57 Å². The van der Waals surface area contributed by atoms with Gasteiger partial charge in [0.15, 0.2) is 0 Å². The predicted molar refractivity (Wildman–Crippen MR) is 125 cm³/mol. The van der Waals surface area contributed by atoms with E-state index in [9.17, 15) is 19.0 Å². The van der Waals surface area contributed by atoms with Crippen molar-refractivity contribution in [3.63, 3.8) is 0 Å². The van der Waals surface area contributed by atoms with E-state index in [1.807, 2.05) is 0 Å². The molecule has 5 atom stereocenters. The number of nitrogens with zero attached hydrogens (tertiary/aromatic N) is 1. The molecule has 0 bridgehead atoms. The van der Waals surface area contributed by atoms with Gasteiger partial charge in [-0.25, -0.2) is 8.78 Å². The molecule has 4 aliphatic rings. The zero-order chi connectivity index (χ0) is 22.9. The Hall–Kier alpha value is -1.04. The molecule has 32 heavy (non-hydrogen) atoms. The maximum Gasteiger partial charge on any atom is 0.268 e. The highest BCUT2D eigenvalue weighted by Gasteiger charge is 2.49. The van der Waals surface area contributed by atoms with Gasteiger partial charge in [0.05, 0.1) is 6.10 Å². The van der Waals surface area contributed by atoms with Crippen LogP contribution in [0.2, 0.25) is 0 Å². The fraction of sp³-hybridized carbons (Fsp3) is 0.778. The summed E-state index contributed by atoms with van der Waals surface area (Å²) in [6, 6.07) is 0. The van der Waals surface area contributed by atoms with Gasteiger partial charge in [-0.3, -0.25) is 0 Å². The van der Waals surface area contributed by atoms with Crippen molar-refractivity contribution in [1.82, 2.24) is 4.90 Å². The maximum absolute atomic E-state index is 13.3. The summed E-state index contributed by atoms with van der Waals surface area (Å²) in [5, 5.41) is 20.4. The Morgan fingerprint density at radius 1 is 1.12 bits per heavy atom. The molecule has 0 aromatic rings. The molecule has 1 aliphatic heterocycles. The first-order chi connectivity index (χ1) is 15.2. The number of fused-ring (bicyclic) bond motifs is 1. The minimum absolute atomic E-state index is 0.103. The third kappa shape index (κ3) is 4.76. The van der Waals surface area contributed by atoms with Crippen LogP contribution in [0.5, 0.6) is 0 Å². The Morgan fingerprint density at radius 2 is 1.94 bits per heavy atom. The topological polar surface area (TPSA) is 43.7 Å². The second-order valence-electron chi connectivity index (χ2n) is 11.1. The third-order valence-corrected chi connectivity index (χ3v) is 9.18. The number of β-amino-alcohol motifs (C(OH)–C–C–N with tert-alkyl or cyclic N) is 1. The van der Waals surface area contributed by atoms with Gasteiger partial charge in [-0.1, -0.05) is 31.2 Å². The first-order valence-corrected chi connectivity index (χ1v) is 12.7. The summed E-state index contributed by atoms with van der Waals surface area (Å²) in [6.45, 7) is 8.28. The van der Waals surface area contributed by atoms with Gasteiger partial charge in [0.2, 0.25) is 0 Å². The van der Waals surface area contributed by atoms with Crippen molar-refractivity contribution in [2.45, 2.75) is 95.7 Å². The van der Waals surface area contributed by atoms with Gasteiger partial charge >= 0.3 is 0 Å². The lowest BCUT2D eigenvalue weighted by atomic mass is 9.63. The van der Waals surface area contributed by atoms with Crippen LogP contribution in [0.25, 0.3) is 0 Å². The highest BCUT2D eigenvalue weighted by molar-refractivity contribution is 5.37. The molecule has 2 N–H and O–H groups in total. The number of halogens is 2. The molecule has 0 spiro atoms. The molecular weight excluding hydrogens is 408 g/mol. The van der Waals surface area contributed by atoms with Gasteiger partial charge in [0.25, 0.3) is 6.43 Å². The molecule has 0 aromatic heterocycles.